The molecule has 4 rings (SSSR count). The van der Waals surface area contributed by atoms with E-state index in [9.17, 15) is 23.3 Å². The van der Waals surface area contributed by atoms with Gasteiger partial charge >= 0.3 is 10.1 Å². The zero-order chi connectivity index (χ0) is 24.8. The van der Waals surface area contributed by atoms with Crippen molar-refractivity contribution in [1.82, 2.24) is 10.4 Å². The van der Waals surface area contributed by atoms with E-state index in [1.54, 1.807) is 18.2 Å². The van der Waals surface area contributed by atoms with Crippen molar-refractivity contribution in [2.24, 2.45) is 5.10 Å². The first-order chi connectivity index (χ1) is 16.8. The van der Waals surface area contributed by atoms with Crippen molar-refractivity contribution in [3.05, 3.63) is 88.5 Å². The van der Waals surface area contributed by atoms with Crippen molar-refractivity contribution in [2.75, 3.05) is 5.75 Å². The number of nitro groups is 1. The average Bonchev–Trinajstić information content (AvgIpc) is 3.27. The molecular weight excluding hydrogens is 512 g/mol. The van der Waals surface area contributed by atoms with Gasteiger partial charge < -0.3 is 4.18 Å². The van der Waals surface area contributed by atoms with Gasteiger partial charge in [-0.15, -0.1) is 11.3 Å². The number of hydrogen-bond acceptors (Lipinski definition) is 10. The van der Waals surface area contributed by atoms with Crippen molar-refractivity contribution in [1.29, 1.82) is 0 Å². The minimum atomic E-state index is -4.25. The van der Waals surface area contributed by atoms with Crippen LogP contribution in [-0.4, -0.2) is 36.2 Å². The lowest BCUT2D eigenvalue weighted by Gasteiger charge is -2.09. The van der Waals surface area contributed by atoms with Crippen LogP contribution >= 0.6 is 23.1 Å². The number of non-ortho nitro benzene ring substituents is 1. The summed E-state index contributed by atoms with van der Waals surface area (Å²) in [5.41, 5.74) is 3.33. The van der Waals surface area contributed by atoms with Crippen molar-refractivity contribution in [3.8, 4) is 5.75 Å². The van der Waals surface area contributed by atoms with Gasteiger partial charge in [0.15, 0.2) is 10.1 Å². The molecule has 1 heterocycles. The van der Waals surface area contributed by atoms with Gasteiger partial charge in [-0.3, -0.25) is 14.9 Å². The largest absolute Gasteiger partial charge is 0.378 e. The highest BCUT2D eigenvalue weighted by Gasteiger charge is 2.19. The van der Waals surface area contributed by atoms with Gasteiger partial charge in [0.25, 0.3) is 11.6 Å². The van der Waals surface area contributed by atoms with E-state index in [4.69, 9.17) is 4.18 Å². The van der Waals surface area contributed by atoms with Gasteiger partial charge in [0.05, 0.1) is 27.1 Å². The Balaban J connectivity index is 1.37. The number of amides is 1. The quantitative estimate of drug-likeness (QED) is 0.112. The number of carbonyl (C=O) groups is 1. The lowest BCUT2D eigenvalue weighted by molar-refractivity contribution is -0.384. The second kappa shape index (κ2) is 10.6. The molecule has 0 saturated carbocycles. The van der Waals surface area contributed by atoms with E-state index in [-0.39, 0.29) is 28.0 Å². The molecule has 0 unspecified atom stereocenters. The van der Waals surface area contributed by atoms with E-state index in [0.717, 1.165) is 38.8 Å². The zero-order valence-electron chi connectivity index (χ0n) is 17.7. The number of thioether (sulfide) groups is 1. The normalized spacial score (nSPS) is 11.5. The van der Waals surface area contributed by atoms with Crippen LogP contribution in [0.25, 0.3) is 10.2 Å². The number of fused-ring (bicyclic) bond motifs is 1. The fraction of sp³-hybridized carbons (Fsp3) is 0.0455. The van der Waals surface area contributed by atoms with Gasteiger partial charge in [0.1, 0.15) is 4.90 Å². The van der Waals surface area contributed by atoms with Gasteiger partial charge in [-0.25, -0.2) is 10.4 Å². The maximum absolute atomic E-state index is 12.6. The predicted molar refractivity (Wildman–Crippen MR) is 133 cm³/mol. The third-order valence-electron chi connectivity index (χ3n) is 4.45. The zero-order valence-corrected chi connectivity index (χ0v) is 20.2. The Kier molecular flexibility index (Phi) is 7.39. The first kappa shape index (κ1) is 24.3. The highest BCUT2D eigenvalue weighted by molar-refractivity contribution is 8.01. The molecule has 0 aliphatic heterocycles. The van der Waals surface area contributed by atoms with Crippen LogP contribution in [0, 0.1) is 10.1 Å². The van der Waals surface area contributed by atoms with Gasteiger partial charge in [-0.05, 0) is 36.4 Å². The summed E-state index contributed by atoms with van der Waals surface area (Å²) in [5.74, 6) is -0.279. The summed E-state index contributed by atoms with van der Waals surface area (Å²) in [6.07, 6.45) is 1.26. The van der Waals surface area contributed by atoms with E-state index in [0.29, 0.717) is 5.56 Å². The molecule has 1 aromatic heterocycles. The summed E-state index contributed by atoms with van der Waals surface area (Å²) in [7, 11) is -4.25. The first-order valence-corrected chi connectivity index (χ1v) is 13.1. The highest BCUT2D eigenvalue weighted by Crippen LogP contribution is 2.29. The Morgan fingerprint density at radius 2 is 1.83 bits per heavy atom. The number of nitrogens with one attached hydrogen (secondary N) is 1. The fourth-order valence-electron chi connectivity index (χ4n) is 2.81. The summed E-state index contributed by atoms with van der Waals surface area (Å²) < 4.78 is 32.2. The van der Waals surface area contributed by atoms with Crippen molar-refractivity contribution in [2.45, 2.75) is 9.24 Å². The standard InChI is InChI=1S/C22H16N4O6S3/c27-21(14-33-22-24-18-6-2-4-8-20(18)34-22)25-23-13-15-5-1-3-7-19(15)32-35(30,31)17-11-9-16(10-12-17)26(28)29/h1-13H,14H2,(H,25,27)/b23-13+. The molecule has 0 atom stereocenters. The Labute approximate surface area is 207 Å². The molecule has 13 heteroatoms. The summed E-state index contributed by atoms with van der Waals surface area (Å²) in [4.78, 5) is 26.5. The monoisotopic (exact) mass is 528 g/mol. The SMILES string of the molecule is O=C(CSc1nc2ccccc2s1)N/N=C/c1ccccc1OS(=O)(=O)c1ccc([N+](=O)[O-])cc1. The molecule has 178 valence electrons. The molecule has 3 aromatic carbocycles. The van der Waals surface area contributed by atoms with Crippen LogP contribution < -0.4 is 9.61 Å². The second-order valence-corrected chi connectivity index (χ2v) is 10.7. The van der Waals surface area contributed by atoms with Crippen LogP contribution in [0.3, 0.4) is 0 Å². The van der Waals surface area contributed by atoms with E-state index < -0.39 is 15.0 Å². The number of benzene rings is 3. The topological polar surface area (TPSA) is 141 Å². The Bertz CT molecular complexity index is 1480. The number of nitro benzene ring substituents is 1. The Morgan fingerprint density at radius 1 is 1.11 bits per heavy atom. The van der Waals surface area contributed by atoms with Crippen LogP contribution in [0.2, 0.25) is 0 Å². The van der Waals surface area contributed by atoms with E-state index in [1.165, 1.54) is 35.4 Å². The number of aromatic nitrogens is 1. The molecule has 10 nitrogen and oxygen atoms in total. The third-order valence-corrected chi connectivity index (χ3v) is 7.88. The van der Waals surface area contributed by atoms with Gasteiger partial charge in [0.2, 0.25) is 0 Å². The van der Waals surface area contributed by atoms with Crippen LogP contribution in [0.1, 0.15) is 5.56 Å². The molecule has 4 aromatic rings. The molecule has 0 spiro atoms. The van der Waals surface area contributed by atoms with Gasteiger partial charge in [0, 0.05) is 17.7 Å². The summed E-state index contributed by atoms with van der Waals surface area (Å²) in [6.45, 7) is 0. The molecule has 1 N–H and O–H groups in total. The third kappa shape index (κ3) is 6.20. The van der Waals surface area contributed by atoms with Crippen LogP contribution in [-0.2, 0) is 14.9 Å². The number of hydrazone groups is 1. The molecular formula is C22H16N4O6S3. The molecule has 0 radical (unpaired) electrons. The number of para-hydroxylation sites is 2. The lowest BCUT2D eigenvalue weighted by atomic mass is 10.2. The number of nitrogens with zero attached hydrogens (tertiary/aromatic N) is 3. The van der Waals surface area contributed by atoms with E-state index in [2.05, 4.69) is 15.5 Å². The van der Waals surface area contributed by atoms with E-state index >= 15 is 0 Å². The molecule has 0 saturated heterocycles. The second-order valence-electron chi connectivity index (χ2n) is 6.86. The van der Waals surface area contributed by atoms with Crippen molar-refractivity contribution >= 4 is 61.2 Å². The first-order valence-electron chi connectivity index (χ1n) is 9.90. The smallest absolute Gasteiger partial charge is 0.339 e. The average molecular weight is 529 g/mol. The summed E-state index contributed by atoms with van der Waals surface area (Å²) in [5, 5.41) is 14.7. The van der Waals surface area contributed by atoms with E-state index in [1.807, 2.05) is 24.3 Å². The Hall–Kier alpha value is -3.81. The van der Waals surface area contributed by atoms with Gasteiger partial charge in [-0.1, -0.05) is 36.0 Å². The number of thiazole rings is 1. The molecule has 0 aliphatic rings. The minimum Gasteiger partial charge on any atom is -0.378 e. The highest BCUT2D eigenvalue weighted by atomic mass is 32.2. The molecule has 0 aliphatic carbocycles. The summed E-state index contributed by atoms with van der Waals surface area (Å²) >= 11 is 2.78. The van der Waals surface area contributed by atoms with Crippen molar-refractivity contribution in [3.63, 3.8) is 0 Å². The van der Waals surface area contributed by atoms with Gasteiger partial charge in [-0.2, -0.15) is 13.5 Å². The Morgan fingerprint density at radius 3 is 2.57 bits per heavy atom. The number of carbonyl (C=O) groups excluding carboxylic acids is 1. The molecule has 0 bridgehead atoms. The fourth-order valence-corrected chi connectivity index (χ4v) is 5.62. The summed E-state index contributed by atoms with van der Waals surface area (Å²) in [6, 6.07) is 18.2. The van der Waals surface area contributed by atoms with Crippen LogP contribution in [0.4, 0.5) is 5.69 Å². The molecule has 0 fully saturated rings. The molecule has 35 heavy (non-hydrogen) atoms. The maximum atomic E-state index is 12.6. The maximum Gasteiger partial charge on any atom is 0.339 e. The number of hydrogen-bond donors (Lipinski definition) is 1. The van der Waals surface area contributed by atoms with Crippen LogP contribution in [0.5, 0.6) is 5.75 Å². The number of rotatable bonds is 9. The lowest BCUT2D eigenvalue weighted by Crippen LogP contribution is -2.19. The van der Waals surface area contributed by atoms with Crippen molar-refractivity contribution < 1.29 is 22.3 Å². The predicted octanol–water partition coefficient (Wildman–Crippen LogP) is 4.21. The van der Waals surface area contributed by atoms with Crippen LogP contribution in [0.15, 0.2) is 87.1 Å². The molecule has 1 amide bonds. The minimum absolute atomic E-state index is 0.0206.